The Morgan fingerprint density at radius 2 is 1.69 bits per heavy atom. The van der Waals surface area contributed by atoms with Crippen LogP contribution in [0.5, 0.6) is 5.75 Å². The molecule has 3 aromatic rings. The average Bonchev–Trinajstić information content (AvgIpc) is 3.43. The topological polar surface area (TPSA) is 157 Å². The second-order valence-electron chi connectivity index (χ2n) is 13.2. The van der Waals surface area contributed by atoms with Gasteiger partial charge in [-0.1, -0.05) is 12.1 Å². The van der Waals surface area contributed by atoms with Crippen molar-refractivity contribution in [3.63, 3.8) is 0 Å². The van der Waals surface area contributed by atoms with E-state index in [1.54, 1.807) is 24.3 Å². The number of hydrogen-bond acceptors (Lipinski definition) is 11. The third kappa shape index (κ3) is 7.54. The smallest absolute Gasteiger partial charge is 0.387 e. The van der Waals surface area contributed by atoms with Gasteiger partial charge in [-0.25, -0.2) is 22.8 Å². The van der Waals surface area contributed by atoms with Crippen LogP contribution in [0.4, 0.5) is 24.8 Å². The molecule has 3 fully saturated rings. The lowest BCUT2D eigenvalue weighted by molar-refractivity contribution is -0.136. The van der Waals surface area contributed by atoms with Gasteiger partial charge in [0.1, 0.15) is 11.9 Å². The number of piperazine rings is 1. The summed E-state index contributed by atoms with van der Waals surface area (Å²) in [5.41, 5.74) is 2.07. The summed E-state index contributed by atoms with van der Waals surface area (Å²) in [6, 6.07) is 8.92. The maximum absolute atomic E-state index is 15.4. The van der Waals surface area contributed by atoms with Gasteiger partial charge in [-0.2, -0.15) is 13.1 Å². The monoisotopic (exact) mass is 742 g/mol. The number of alkyl halides is 2. The third-order valence-corrected chi connectivity index (χ3v) is 11.8. The second-order valence-corrected chi connectivity index (χ2v) is 15.2. The number of nitrogens with one attached hydrogen (secondary N) is 2. The fourth-order valence-electron chi connectivity index (χ4n) is 7.15. The van der Waals surface area contributed by atoms with E-state index in [-0.39, 0.29) is 66.6 Å². The number of hydrogen-bond donors (Lipinski definition) is 2. The van der Waals surface area contributed by atoms with Gasteiger partial charge in [0.05, 0.1) is 23.0 Å². The number of amides is 3. The van der Waals surface area contributed by atoms with E-state index in [4.69, 9.17) is 0 Å². The van der Waals surface area contributed by atoms with Gasteiger partial charge >= 0.3 is 6.61 Å². The molecule has 3 saturated heterocycles. The number of piperidine rings is 2. The molecule has 18 heteroatoms. The van der Waals surface area contributed by atoms with Gasteiger partial charge in [0.25, 0.3) is 5.91 Å². The third-order valence-electron chi connectivity index (χ3n) is 9.89. The minimum absolute atomic E-state index is 0.0985. The highest BCUT2D eigenvalue weighted by molar-refractivity contribution is 7.89. The number of carbonyl (C=O) groups is 3. The van der Waals surface area contributed by atoms with Crippen molar-refractivity contribution in [2.75, 3.05) is 49.5 Å². The first-order chi connectivity index (χ1) is 24.9. The zero-order chi connectivity index (χ0) is 36.6. The average molecular weight is 743 g/mol. The van der Waals surface area contributed by atoms with Crippen LogP contribution < -0.4 is 20.3 Å². The van der Waals surface area contributed by atoms with E-state index >= 15 is 4.39 Å². The standard InChI is InChI=1S/C34H37F3N8O6S/c35-27-16-26-22(20-45(32(26)48)28-4-5-30(46)41-31(28)47)15-29(27)43-12-10-42(11-13-43)19-21-2-1-3-25(14-21)52(49,50)44-8-6-23(7-9-44)40-34-38-17-24(18-39-34)51-33(36)37/h1-3,14-18,23,28,33H,4-13,19-20H2,(H,38,39,40)(H,41,46,47). The molecule has 0 radical (unpaired) electrons. The second kappa shape index (κ2) is 14.7. The number of aromatic nitrogens is 2. The lowest BCUT2D eigenvalue weighted by Crippen LogP contribution is -2.52. The number of anilines is 2. The molecule has 276 valence electrons. The van der Waals surface area contributed by atoms with Crippen LogP contribution in [-0.2, 0) is 32.7 Å². The fourth-order valence-corrected chi connectivity index (χ4v) is 8.70. The van der Waals surface area contributed by atoms with Gasteiger partial charge in [0.15, 0.2) is 5.75 Å². The van der Waals surface area contributed by atoms with E-state index in [0.717, 1.165) is 18.0 Å². The zero-order valence-electron chi connectivity index (χ0n) is 28.0. The first-order valence-electron chi connectivity index (χ1n) is 17.0. The van der Waals surface area contributed by atoms with Crippen LogP contribution in [0.15, 0.2) is 53.7 Å². The van der Waals surface area contributed by atoms with Crippen molar-refractivity contribution in [1.29, 1.82) is 0 Å². The van der Waals surface area contributed by atoms with Crippen LogP contribution >= 0.6 is 0 Å². The molecule has 4 aliphatic heterocycles. The molecule has 7 rings (SSSR count). The van der Waals surface area contributed by atoms with Crippen LogP contribution in [0.2, 0.25) is 0 Å². The molecule has 1 aromatic heterocycles. The largest absolute Gasteiger partial charge is 0.432 e. The molecule has 52 heavy (non-hydrogen) atoms. The minimum Gasteiger partial charge on any atom is -0.432 e. The molecule has 14 nitrogen and oxygen atoms in total. The Hall–Kier alpha value is -4.81. The SMILES string of the molecule is O=C1CCC(N2Cc3cc(N4CCN(Cc5cccc(S(=O)(=O)N6CCC(Nc7ncc(OC(F)F)cn7)CC6)c5)CC4)c(F)cc3C2=O)C(=O)N1. The number of ether oxygens (including phenoxy) is 1. The molecular formula is C34H37F3N8O6S. The van der Waals surface area contributed by atoms with Crippen molar-refractivity contribution >= 4 is 39.4 Å². The van der Waals surface area contributed by atoms with Gasteiger partial charge < -0.3 is 19.9 Å². The number of carbonyl (C=O) groups excluding carboxylic acids is 3. The molecule has 1 atom stereocenters. The number of rotatable bonds is 10. The van der Waals surface area contributed by atoms with Crippen LogP contribution in [0, 0.1) is 5.82 Å². The fraction of sp³-hybridized carbons (Fsp3) is 0.441. The predicted octanol–water partition coefficient (Wildman–Crippen LogP) is 2.57. The Bertz CT molecular complexity index is 1950. The van der Waals surface area contributed by atoms with Crippen molar-refractivity contribution in [2.24, 2.45) is 0 Å². The molecule has 4 aliphatic rings. The summed E-state index contributed by atoms with van der Waals surface area (Å²) in [4.78, 5) is 50.7. The number of fused-ring (bicyclic) bond motifs is 1. The summed E-state index contributed by atoms with van der Waals surface area (Å²) in [7, 11) is -3.76. The van der Waals surface area contributed by atoms with Gasteiger partial charge in [0.2, 0.25) is 27.8 Å². The molecule has 3 amide bonds. The van der Waals surface area contributed by atoms with Crippen molar-refractivity contribution in [3.05, 3.63) is 71.3 Å². The maximum atomic E-state index is 15.4. The van der Waals surface area contributed by atoms with E-state index in [1.807, 2.05) is 11.0 Å². The number of nitrogens with zero attached hydrogens (tertiary/aromatic N) is 6. The number of benzene rings is 2. The number of sulfonamides is 1. The van der Waals surface area contributed by atoms with E-state index in [2.05, 4.69) is 30.2 Å². The highest BCUT2D eigenvalue weighted by Crippen LogP contribution is 2.33. The van der Waals surface area contributed by atoms with E-state index in [0.29, 0.717) is 56.8 Å². The molecule has 0 saturated carbocycles. The summed E-state index contributed by atoms with van der Waals surface area (Å²) in [5.74, 6) is -1.75. The molecule has 2 N–H and O–H groups in total. The maximum Gasteiger partial charge on any atom is 0.387 e. The Balaban J connectivity index is 0.918. The summed E-state index contributed by atoms with van der Waals surface area (Å²) in [6.45, 7) is 0.478. The molecule has 0 aliphatic carbocycles. The normalized spacial score (nSPS) is 20.7. The summed E-state index contributed by atoms with van der Waals surface area (Å²) in [5, 5.41) is 5.39. The summed E-state index contributed by atoms with van der Waals surface area (Å²) >= 11 is 0. The molecule has 1 unspecified atom stereocenters. The minimum atomic E-state index is -3.76. The lowest BCUT2D eigenvalue weighted by atomic mass is 10.0. The van der Waals surface area contributed by atoms with Gasteiger partial charge in [-0.15, -0.1) is 0 Å². The van der Waals surface area contributed by atoms with E-state index < -0.39 is 40.3 Å². The van der Waals surface area contributed by atoms with Gasteiger partial charge in [-0.05, 0) is 54.7 Å². The summed E-state index contributed by atoms with van der Waals surface area (Å²) < 4.78 is 73.0. The Kier molecular flexibility index (Phi) is 10.0. The molecule has 0 bridgehead atoms. The van der Waals surface area contributed by atoms with E-state index in [1.165, 1.54) is 15.3 Å². The molecule has 5 heterocycles. The van der Waals surface area contributed by atoms with Crippen LogP contribution in [0.3, 0.4) is 0 Å². The highest BCUT2D eigenvalue weighted by atomic mass is 32.2. The summed E-state index contributed by atoms with van der Waals surface area (Å²) in [6.07, 6.45) is 3.66. The quantitative estimate of drug-likeness (QED) is 0.295. The van der Waals surface area contributed by atoms with Crippen molar-refractivity contribution in [3.8, 4) is 5.75 Å². The van der Waals surface area contributed by atoms with Crippen molar-refractivity contribution in [2.45, 2.75) is 62.4 Å². The molecular weight excluding hydrogens is 705 g/mol. The van der Waals surface area contributed by atoms with E-state index in [9.17, 15) is 31.6 Å². The highest BCUT2D eigenvalue weighted by Gasteiger charge is 2.40. The van der Waals surface area contributed by atoms with Gasteiger partial charge in [0, 0.05) is 70.4 Å². The first kappa shape index (κ1) is 35.6. The van der Waals surface area contributed by atoms with Gasteiger partial charge in [-0.3, -0.25) is 24.6 Å². The Morgan fingerprint density at radius 1 is 0.962 bits per heavy atom. The van der Waals surface area contributed by atoms with Crippen molar-refractivity contribution < 1.29 is 40.7 Å². The molecule has 2 aromatic carbocycles. The first-order valence-corrected chi connectivity index (χ1v) is 18.5. The van der Waals surface area contributed by atoms with Crippen LogP contribution in [0.1, 0.15) is 47.2 Å². The van der Waals surface area contributed by atoms with Crippen LogP contribution in [-0.4, -0.2) is 108 Å². The Labute approximate surface area is 298 Å². The Morgan fingerprint density at radius 3 is 2.38 bits per heavy atom. The van der Waals surface area contributed by atoms with Crippen molar-refractivity contribution in [1.82, 2.24) is 29.4 Å². The zero-order valence-corrected chi connectivity index (χ0v) is 28.8. The lowest BCUT2D eigenvalue weighted by Gasteiger charge is -2.36. The number of halogens is 3. The van der Waals surface area contributed by atoms with Crippen LogP contribution in [0.25, 0.3) is 0 Å². The number of imide groups is 1. The molecule has 0 spiro atoms. The predicted molar refractivity (Wildman–Crippen MR) is 180 cm³/mol.